The summed E-state index contributed by atoms with van der Waals surface area (Å²) in [6, 6.07) is 24.1. The van der Waals surface area contributed by atoms with E-state index in [-0.39, 0.29) is 5.78 Å². The molecular formula is C24H24N2O3. The Morgan fingerprint density at radius 1 is 0.862 bits per heavy atom. The molecule has 5 heteroatoms. The van der Waals surface area contributed by atoms with Crippen LogP contribution in [-0.2, 0) is 11.2 Å². The van der Waals surface area contributed by atoms with Crippen LogP contribution in [-0.4, -0.2) is 29.4 Å². The van der Waals surface area contributed by atoms with E-state index in [9.17, 15) is 9.59 Å². The topological polar surface area (TPSA) is 92.4 Å². The number of nitrogens with one attached hydrogen (secondary N) is 1. The standard InChI is InChI=1S/C24H24N2O3/c25-22(16-27)24(29)26-21-13-11-20(12-14-21)23(28)15-8-17-6-9-19(10-7-17)18-4-2-1-3-5-18/h1-7,9-14,22,27H,8,15-16,25H2,(H,26,29). The van der Waals surface area contributed by atoms with Gasteiger partial charge in [0.15, 0.2) is 5.78 Å². The minimum atomic E-state index is -0.968. The third kappa shape index (κ3) is 5.60. The summed E-state index contributed by atoms with van der Waals surface area (Å²) >= 11 is 0. The van der Waals surface area contributed by atoms with E-state index in [1.165, 1.54) is 5.56 Å². The molecule has 0 saturated carbocycles. The Morgan fingerprint density at radius 3 is 2.10 bits per heavy atom. The molecule has 0 aromatic heterocycles. The zero-order chi connectivity index (χ0) is 20.6. The molecule has 0 radical (unpaired) electrons. The Morgan fingerprint density at radius 2 is 1.48 bits per heavy atom. The number of rotatable bonds is 8. The summed E-state index contributed by atoms with van der Waals surface area (Å²) in [6.07, 6.45) is 1.07. The number of Topliss-reactive ketones (excluding diaryl/α,β-unsaturated/α-hetero) is 1. The predicted molar refractivity (Wildman–Crippen MR) is 115 cm³/mol. The third-order valence-corrected chi connectivity index (χ3v) is 4.71. The lowest BCUT2D eigenvalue weighted by Gasteiger charge is -2.10. The van der Waals surface area contributed by atoms with E-state index in [4.69, 9.17) is 10.8 Å². The molecule has 0 heterocycles. The van der Waals surface area contributed by atoms with Crippen LogP contribution in [0, 0.1) is 0 Å². The number of carbonyl (C=O) groups excluding carboxylic acids is 2. The van der Waals surface area contributed by atoms with Crippen molar-refractivity contribution in [2.24, 2.45) is 5.73 Å². The molecular weight excluding hydrogens is 364 g/mol. The van der Waals surface area contributed by atoms with Crippen LogP contribution in [0.5, 0.6) is 0 Å². The van der Waals surface area contributed by atoms with Gasteiger partial charge < -0.3 is 16.2 Å². The summed E-state index contributed by atoms with van der Waals surface area (Å²) in [5.74, 6) is -0.424. The van der Waals surface area contributed by atoms with Gasteiger partial charge in [-0.2, -0.15) is 0 Å². The van der Waals surface area contributed by atoms with Crippen molar-refractivity contribution in [2.45, 2.75) is 18.9 Å². The molecule has 3 aromatic rings. The normalized spacial score (nSPS) is 11.7. The Bertz CT molecular complexity index is 952. The predicted octanol–water partition coefficient (Wildman–Crippen LogP) is 3.43. The first-order valence-electron chi connectivity index (χ1n) is 9.52. The monoisotopic (exact) mass is 388 g/mol. The molecule has 0 aliphatic heterocycles. The number of benzene rings is 3. The second-order valence-electron chi connectivity index (χ2n) is 6.84. The summed E-state index contributed by atoms with van der Waals surface area (Å²) in [7, 11) is 0. The van der Waals surface area contributed by atoms with Crippen LogP contribution in [0.3, 0.4) is 0 Å². The van der Waals surface area contributed by atoms with Crippen molar-refractivity contribution in [1.82, 2.24) is 0 Å². The maximum absolute atomic E-state index is 12.5. The smallest absolute Gasteiger partial charge is 0.243 e. The lowest BCUT2D eigenvalue weighted by molar-refractivity contribution is -0.118. The molecule has 0 saturated heterocycles. The number of ketones is 1. The fraction of sp³-hybridized carbons (Fsp3) is 0.167. The molecule has 3 rings (SSSR count). The van der Waals surface area contributed by atoms with Gasteiger partial charge in [-0.05, 0) is 47.4 Å². The van der Waals surface area contributed by atoms with E-state index in [1.54, 1.807) is 24.3 Å². The van der Waals surface area contributed by atoms with Crippen molar-refractivity contribution in [3.8, 4) is 11.1 Å². The van der Waals surface area contributed by atoms with Gasteiger partial charge in [-0.15, -0.1) is 0 Å². The second-order valence-corrected chi connectivity index (χ2v) is 6.84. The summed E-state index contributed by atoms with van der Waals surface area (Å²) < 4.78 is 0. The van der Waals surface area contributed by atoms with Crippen molar-refractivity contribution in [1.29, 1.82) is 0 Å². The van der Waals surface area contributed by atoms with Gasteiger partial charge in [-0.3, -0.25) is 9.59 Å². The molecule has 1 unspecified atom stereocenters. The number of hydrogen-bond acceptors (Lipinski definition) is 4. The third-order valence-electron chi connectivity index (χ3n) is 4.71. The van der Waals surface area contributed by atoms with Crippen molar-refractivity contribution >= 4 is 17.4 Å². The minimum absolute atomic E-state index is 0.0436. The molecule has 0 aliphatic rings. The van der Waals surface area contributed by atoms with Crippen LogP contribution in [0.15, 0.2) is 78.9 Å². The number of aliphatic hydroxyl groups excluding tert-OH is 1. The molecule has 5 nitrogen and oxygen atoms in total. The first-order chi connectivity index (χ1) is 14.1. The number of aliphatic hydroxyl groups is 1. The molecule has 29 heavy (non-hydrogen) atoms. The van der Waals surface area contributed by atoms with Crippen molar-refractivity contribution < 1.29 is 14.7 Å². The summed E-state index contributed by atoms with van der Waals surface area (Å²) in [4.78, 5) is 24.1. The average Bonchev–Trinajstić information content (AvgIpc) is 2.78. The van der Waals surface area contributed by atoms with E-state index in [2.05, 4.69) is 41.7 Å². The molecule has 4 N–H and O–H groups in total. The van der Waals surface area contributed by atoms with Gasteiger partial charge in [0.05, 0.1) is 6.61 Å². The summed E-state index contributed by atoms with van der Waals surface area (Å²) in [5.41, 5.74) is 10.0. The highest BCUT2D eigenvalue weighted by molar-refractivity contribution is 5.98. The van der Waals surface area contributed by atoms with Gasteiger partial charge in [-0.25, -0.2) is 0 Å². The van der Waals surface area contributed by atoms with Gasteiger partial charge in [0, 0.05) is 17.7 Å². The van der Waals surface area contributed by atoms with Crippen molar-refractivity contribution in [3.05, 3.63) is 90.0 Å². The van der Waals surface area contributed by atoms with Gasteiger partial charge in [-0.1, -0.05) is 54.6 Å². The van der Waals surface area contributed by atoms with Crippen LogP contribution < -0.4 is 11.1 Å². The number of amides is 1. The number of aryl methyl sites for hydroxylation is 1. The Labute approximate surface area is 170 Å². The molecule has 3 aromatic carbocycles. The Hall–Kier alpha value is -3.28. The maximum atomic E-state index is 12.5. The van der Waals surface area contributed by atoms with Crippen LogP contribution >= 0.6 is 0 Å². The first kappa shape index (κ1) is 20.5. The average molecular weight is 388 g/mol. The van der Waals surface area contributed by atoms with E-state index >= 15 is 0 Å². The largest absolute Gasteiger partial charge is 0.394 e. The molecule has 1 atom stereocenters. The first-order valence-corrected chi connectivity index (χ1v) is 9.52. The Kier molecular flexibility index (Phi) is 6.89. The highest BCUT2D eigenvalue weighted by atomic mass is 16.3. The van der Waals surface area contributed by atoms with Crippen molar-refractivity contribution in [2.75, 3.05) is 11.9 Å². The molecule has 0 spiro atoms. The fourth-order valence-electron chi connectivity index (χ4n) is 2.95. The number of anilines is 1. The lowest BCUT2D eigenvalue weighted by atomic mass is 9.99. The molecule has 0 aliphatic carbocycles. The minimum Gasteiger partial charge on any atom is -0.394 e. The van der Waals surface area contributed by atoms with Crippen LogP contribution in [0.2, 0.25) is 0 Å². The number of carbonyl (C=O) groups is 2. The zero-order valence-electron chi connectivity index (χ0n) is 16.0. The second kappa shape index (κ2) is 9.78. The van der Waals surface area contributed by atoms with E-state index < -0.39 is 18.6 Å². The van der Waals surface area contributed by atoms with E-state index in [0.29, 0.717) is 24.1 Å². The van der Waals surface area contributed by atoms with Crippen molar-refractivity contribution in [3.63, 3.8) is 0 Å². The van der Waals surface area contributed by atoms with Gasteiger partial charge in [0.25, 0.3) is 0 Å². The molecule has 0 fully saturated rings. The number of hydrogen-bond donors (Lipinski definition) is 3. The Balaban J connectivity index is 1.54. The van der Waals surface area contributed by atoms with E-state index in [0.717, 1.165) is 11.1 Å². The highest BCUT2D eigenvalue weighted by Gasteiger charge is 2.12. The van der Waals surface area contributed by atoms with Crippen LogP contribution in [0.1, 0.15) is 22.3 Å². The quantitative estimate of drug-likeness (QED) is 0.516. The summed E-state index contributed by atoms with van der Waals surface area (Å²) in [5, 5.41) is 11.5. The highest BCUT2D eigenvalue weighted by Crippen LogP contribution is 2.20. The van der Waals surface area contributed by atoms with Crippen LogP contribution in [0.25, 0.3) is 11.1 Å². The molecule has 0 bridgehead atoms. The maximum Gasteiger partial charge on any atom is 0.243 e. The van der Waals surface area contributed by atoms with E-state index in [1.807, 2.05) is 18.2 Å². The molecule has 148 valence electrons. The molecule has 1 amide bonds. The van der Waals surface area contributed by atoms with Crippen LogP contribution in [0.4, 0.5) is 5.69 Å². The SMILES string of the molecule is NC(CO)C(=O)Nc1ccc(C(=O)CCc2ccc(-c3ccccc3)cc2)cc1. The van der Waals surface area contributed by atoms with Gasteiger partial charge in [0.1, 0.15) is 6.04 Å². The fourth-order valence-corrected chi connectivity index (χ4v) is 2.95. The zero-order valence-corrected chi connectivity index (χ0v) is 16.0. The number of nitrogens with two attached hydrogens (primary N) is 1. The van der Waals surface area contributed by atoms with Gasteiger partial charge in [0.2, 0.25) is 5.91 Å². The summed E-state index contributed by atoms with van der Waals surface area (Å²) in [6.45, 7) is -0.422. The van der Waals surface area contributed by atoms with Gasteiger partial charge >= 0.3 is 0 Å². The lowest BCUT2D eigenvalue weighted by Crippen LogP contribution is -2.38.